The van der Waals surface area contributed by atoms with Crippen molar-refractivity contribution in [2.45, 2.75) is 20.3 Å². The van der Waals surface area contributed by atoms with Gasteiger partial charge >= 0.3 is 0 Å². The molecule has 2 heterocycles. The van der Waals surface area contributed by atoms with Crippen LogP contribution < -0.4 is 10.2 Å². The lowest BCUT2D eigenvalue weighted by Gasteiger charge is -2.17. The van der Waals surface area contributed by atoms with Crippen molar-refractivity contribution in [2.24, 2.45) is 5.92 Å². The first-order chi connectivity index (χ1) is 11.4. The number of aromatic nitrogens is 1. The highest BCUT2D eigenvalue weighted by atomic mass is 79.9. The summed E-state index contributed by atoms with van der Waals surface area (Å²) < 4.78 is 1.00. The number of amides is 2. The van der Waals surface area contributed by atoms with E-state index in [4.69, 9.17) is 0 Å². The second-order valence-electron chi connectivity index (χ2n) is 6.01. The van der Waals surface area contributed by atoms with Gasteiger partial charge < -0.3 is 10.2 Å². The Hall–Kier alpha value is -2.21. The van der Waals surface area contributed by atoms with Gasteiger partial charge in [-0.3, -0.25) is 14.6 Å². The van der Waals surface area contributed by atoms with Crippen molar-refractivity contribution in [3.05, 3.63) is 52.3 Å². The van der Waals surface area contributed by atoms with Gasteiger partial charge in [-0.25, -0.2) is 0 Å². The smallest absolute Gasteiger partial charge is 0.229 e. The summed E-state index contributed by atoms with van der Waals surface area (Å²) in [6.45, 7) is 4.24. The molecule has 124 valence electrons. The Bertz CT molecular complexity index is 807. The maximum atomic E-state index is 12.5. The van der Waals surface area contributed by atoms with Crippen molar-refractivity contribution < 1.29 is 9.59 Å². The molecule has 0 spiro atoms. The molecule has 1 aliphatic rings. The summed E-state index contributed by atoms with van der Waals surface area (Å²) >= 11 is 3.46. The molecule has 0 saturated carbocycles. The summed E-state index contributed by atoms with van der Waals surface area (Å²) in [6, 6.07) is 9.32. The van der Waals surface area contributed by atoms with Crippen LogP contribution in [-0.2, 0) is 9.59 Å². The second kappa shape index (κ2) is 6.73. The van der Waals surface area contributed by atoms with Crippen molar-refractivity contribution in [2.75, 3.05) is 16.8 Å². The molecular weight excluding hydrogens is 370 g/mol. The quantitative estimate of drug-likeness (QED) is 0.876. The van der Waals surface area contributed by atoms with E-state index < -0.39 is 0 Å². The molecule has 2 aromatic rings. The average molecular weight is 388 g/mol. The minimum atomic E-state index is -0.352. The minimum absolute atomic E-state index is 0.0252. The number of nitrogens with zero attached hydrogens (tertiary/aromatic N) is 2. The summed E-state index contributed by atoms with van der Waals surface area (Å²) in [7, 11) is 0. The number of halogens is 1. The predicted molar refractivity (Wildman–Crippen MR) is 96.9 cm³/mol. The zero-order valence-electron chi connectivity index (χ0n) is 13.5. The number of carbonyl (C=O) groups excluding carboxylic acids is 2. The molecular formula is C18H18BrN3O2. The lowest BCUT2D eigenvalue weighted by Crippen LogP contribution is -2.28. The minimum Gasteiger partial charge on any atom is -0.326 e. The fourth-order valence-corrected chi connectivity index (χ4v) is 3.04. The summed E-state index contributed by atoms with van der Waals surface area (Å²) in [4.78, 5) is 30.6. The molecule has 1 aromatic heterocycles. The van der Waals surface area contributed by atoms with Crippen molar-refractivity contribution in [3.63, 3.8) is 0 Å². The van der Waals surface area contributed by atoms with E-state index in [2.05, 4.69) is 26.2 Å². The van der Waals surface area contributed by atoms with Gasteiger partial charge in [-0.15, -0.1) is 0 Å². The molecule has 0 bridgehead atoms. The van der Waals surface area contributed by atoms with Crippen LogP contribution in [0.15, 0.2) is 41.0 Å². The zero-order valence-corrected chi connectivity index (χ0v) is 15.1. The summed E-state index contributed by atoms with van der Waals surface area (Å²) in [5.41, 5.74) is 3.43. The van der Waals surface area contributed by atoms with Crippen LogP contribution >= 0.6 is 15.9 Å². The summed E-state index contributed by atoms with van der Waals surface area (Å²) in [5.74, 6) is -0.511. The van der Waals surface area contributed by atoms with E-state index in [0.29, 0.717) is 12.2 Å². The van der Waals surface area contributed by atoms with Crippen LogP contribution in [0.3, 0.4) is 0 Å². The van der Waals surface area contributed by atoms with Gasteiger partial charge in [-0.2, -0.15) is 0 Å². The molecule has 1 atom stereocenters. The van der Waals surface area contributed by atoms with Crippen molar-refractivity contribution in [1.82, 2.24) is 4.98 Å². The molecule has 24 heavy (non-hydrogen) atoms. The van der Waals surface area contributed by atoms with Crippen LogP contribution in [0.1, 0.15) is 17.7 Å². The maximum absolute atomic E-state index is 12.5. The van der Waals surface area contributed by atoms with Gasteiger partial charge in [0.05, 0.1) is 5.92 Å². The molecule has 1 N–H and O–H groups in total. The Kier molecular flexibility index (Phi) is 4.66. The number of hydrogen-bond acceptors (Lipinski definition) is 3. The molecule has 1 saturated heterocycles. The van der Waals surface area contributed by atoms with Crippen molar-refractivity contribution >= 4 is 39.1 Å². The average Bonchev–Trinajstić information content (AvgIpc) is 2.92. The number of benzene rings is 1. The first-order valence-corrected chi connectivity index (χ1v) is 8.53. The lowest BCUT2D eigenvalue weighted by molar-refractivity contribution is -0.122. The fourth-order valence-electron chi connectivity index (χ4n) is 2.80. The van der Waals surface area contributed by atoms with Gasteiger partial charge in [0.1, 0.15) is 0 Å². The number of hydrogen-bond donors (Lipinski definition) is 1. The zero-order chi connectivity index (χ0) is 17.3. The molecule has 1 unspecified atom stereocenters. The number of anilines is 2. The molecule has 2 amide bonds. The Morgan fingerprint density at radius 2 is 2.08 bits per heavy atom. The standard InChI is InChI=1S/C18H18BrN3O2/c1-11-7-15(3-4-16(11)19)22-10-13(9-17(22)23)18(24)21-14-5-6-20-12(2)8-14/h3-8,13H,9-10H2,1-2H3,(H,20,21,24). The van der Waals surface area contributed by atoms with E-state index in [1.54, 1.807) is 17.2 Å². The third-order valence-corrected chi connectivity index (χ3v) is 5.00. The summed E-state index contributed by atoms with van der Waals surface area (Å²) in [5, 5.41) is 2.87. The van der Waals surface area contributed by atoms with Crippen molar-refractivity contribution in [1.29, 1.82) is 0 Å². The molecule has 3 rings (SSSR count). The van der Waals surface area contributed by atoms with Crippen LogP contribution in [0.5, 0.6) is 0 Å². The number of rotatable bonds is 3. The Morgan fingerprint density at radius 1 is 1.29 bits per heavy atom. The van der Waals surface area contributed by atoms with Crippen LogP contribution in [0.2, 0.25) is 0 Å². The SMILES string of the molecule is Cc1cc(NC(=O)C2CC(=O)N(c3ccc(Br)c(C)c3)C2)ccn1. The van der Waals surface area contributed by atoms with E-state index in [-0.39, 0.29) is 24.2 Å². The van der Waals surface area contributed by atoms with Crippen molar-refractivity contribution in [3.8, 4) is 0 Å². The monoisotopic (exact) mass is 387 g/mol. The van der Waals surface area contributed by atoms with Gasteiger partial charge in [-0.05, 0) is 49.7 Å². The van der Waals surface area contributed by atoms with Gasteiger partial charge in [0.25, 0.3) is 0 Å². The fraction of sp³-hybridized carbons (Fsp3) is 0.278. The van der Waals surface area contributed by atoms with Crippen LogP contribution in [0.25, 0.3) is 0 Å². The van der Waals surface area contributed by atoms with Gasteiger partial charge in [0, 0.05) is 40.7 Å². The van der Waals surface area contributed by atoms with E-state index in [1.807, 2.05) is 38.1 Å². The van der Waals surface area contributed by atoms with Crippen LogP contribution in [0.4, 0.5) is 11.4 Å². The first-order valence-electron chi connectivity index (χ1n) is 7.74. The highest BCUT2D eigenvalue weighted by Crippen LogP contribution is 2.29. The second-order valence-corrected chi connectivity index (χ2v) is 6.87. The van der Waals surface area contributed by atoms with Crippen LogP contribution in [0, 0.1) is 19.8 Å². The highest BCUT2D eigenvalue weighted by Gasteiger charge is 2.35. The van der Waals surface area contributed by atoms with Gasteiger partial charge in [0.2, 0.25) is 11.8 Å². The Labute approximate surface area is 149 Å². The number of carbonyl (C=O) groups is 2. The molecule has 6 heteroatoms. The molecule has 5 nitrogen and oxygen atoms in total. The van der Waals surface area contributed by atoms with Gasteiger partial charge in [-0.1, -0.05) is 15.9 Å². The third kappa shape index (κ3) is 3.48. The molecule has 1 aromatic carbocycles. The number of nitrogens with one attached hydrogen (secondary N) is 1. The molecule has 1 aliphatic heterocycles. The highest BCUT2D eigenvalue weighted by molar-refractivity contribution is 9.10. The Balaban J connectivity index is 1.72. The van der Waals surface area contributed by atoms with Gasteiger partial charge in [0.15, 0.2) is 0 Å². The maximum Gasteiger partial charge on any atom is 0.229 e. The van der Waals surface area contributed by atoms with E-state index in [1.165, 1.54) is 0 Å². The van der Waals surface area contributed by atoms with E-state index in [9.17, 15) is 9.59 Å². The molecule has 0 radical (unpaired) electrons. The van der Waals surface area contributed by atoms with E-state index >= 15 is 0 Å². The number of pyridine rings is 1. The first kappa shape index (κ1) is 16.6. The largest absolute Gasteiger partial charge is 0.326 e. The number of aryl methyl sites for hydroxylation is 2. The topological polar surface area (TPSA) is 62.3 Å². The summed E-state index contributed by atoms with van der Waals surface area (Å²) in [6.07, 6.45) is 1.88. The molecule has 1 fully saturated rings. The normalized spacial score (nSPS) is 17.2. The Morgan fingerprint density at radius 3 is 2.79 bits per heavy atom. The predicted octanol–water partition coefficient (Wildman–Crippen LogP) is 3.45. The lowest BCUT2D eigenvalue weighted by atomic mass is 10.1. The third-order valence-electron chi connectivity index (χ3n) is 4.11. The van der Waals surface area contributed by atoms with E-state index in [0.717, 1.165) is 21.4 Å². The van der Waals surface area contributed by atoms with Crippen LogP contribution in [-0.4, -0.2) is 23.3 Å². The molecule has 0 aliphatic carbocycles.